The van der Waals surface area contributed by atoms with Gasteiger partial charge in [-0.15, -0.1) is 0 Å². The molecule has 0 aliphatic carbocycles. The molecule has 0 unspecified atom stereocenters. The molecule has 0 saturated carbocycles. The van der Waals surface area contributed by atoms with Crippen LogP contribution in [-0.2, 0) is 9.59 Å². The number of rotatable bonds is 2. The Morgan fingerprint density at radius 2 is 1.77 bits per heavy atom. The lowest BCUT2D eigenvalue weighted by molar-refractivity contribution is -0.134. The molecular formula is C16H20ClN3O2. The van der Waals surface area contributed by atoms with Gasteiger partial charge in [0.15, 0.2) is 0 Å². The Hall–Kier alpha value is -1.59. The summed E-state index contributed by atoms with van der Waals surface area (Å²) in [6, 6.07) is 6.72. The fraction of sp³-hybridized carbons (Fsp3) is 0.500. The van der Waals surface area contributed by atoms with Crippen LogP contribution in [0.15, 0.2) is 24.3 Å². The highest BCUT2D eigenvalue weighted by Crippen LogP contribution is 2.29. The monoisotopic (exact) mass is 321 g/mol. The molecule has 2 aliphatic heterocycles. The highest BCUT2D eigenvalue weighted by atomic mass is 35.5. The van der Waals surface area contributed by atoms with Crippen molar-refractivity contribution >= 4 is 29.1 Å². The summed E-state index contributed by atoms with van der Waals surface area (Å²) in [5.74, 6) is 0.0729. The highest BCUT2D eigenvalue weighted by molar-refractivity contribution is 6.30. The van der Waals surface area contributed by atoms with Crippen LogP contribution >= 0.6 is 11.6 Å². The first-order chi connectivity index (χ1) is 10.6. The van der Waals surface area contributed by atoms with E-state index in [1.165, 1.54) is 0 Å². The van der Waals surface area contributed by atoms with Crippen LogP contribution in [0.4, 0.5) is 5.69 Å². The Balaban J connectivity index is 1.78. The molecule has 2 fully saturated rings. The maximum Gasteiger partial charge on any atom is 0.245 e. The topological polar surface area (TPSA) is 43.9 Å². The van der Waals surface area contributed by atoms with E-state index in [2.05, 4.69) is 11.9 Å². The Labute approximate surface area is 135 Å². The summed E-state index contributed by atoms with van der Waals surface area (Å²) in [5.41, 5.74) is 0.749. The van der Waals surface area contributed by atoms with Crippen LogP contribution < -0.4 is 4.90 Å². The van der Waals surface area contributed by atoms with Crippen LogP contribution in [-0.4, -0.2) is 60.9 Å². The predicted molar refractivity (Wildman–Crippen MR) is 86.0 cm³/mol. The Kier molecular flexibility index (Phi) is 4.36. The molecule has 2 amide bonds. The van der Waals surface area contributed by atoms with Crippen molar-refractivity contribution in [2.45, 2.75) is 18.9 Å². The number of benzene rings is 1. The minimum Gasteiger partial charge on any atom is -0.338 e. The van der Waals surface area contributed by atoms with Crippen LogP contribution in [0.3, 0.4) is 0 Å². The van der Waals surface area contributed by atoms with Crippen molar-refractivity contribution in [3.8, 4) is 0 Å². The zero-order valence-corrected chi connectivity index (χ0v) is 13.4. The number of carbonyl (C=O) groups is 2. The SMILES string of the molecule is CN1CCN(C(=O)[C@@H]2CCC(=O)N2c2ccc(Cl)cc2)CC1. The lowest BCUT2D eigenvalue weighted by Crippen LogP contribution is -2.53. The number of piperazine rings is 1. The van der Waals surface area contributed by atoms with Crippen LogP contribution in [0.1, 0.15) is 12.8 Å². The molecule has 0 spiro atoms. The summed E-state index contributed by atoms with van der Waals surface area (Å²) in [6.45, 7) is 3.23. The lowest BCUT2D eigenvalue weighted by Gasteiger charge is -2.35. The van der Waals surface area contributed by atoms with Gasteiger partial charge in [0.2, 0.25) is 11.8 Å². The average molecular weight is 322 g/mol. The van der Waals surface area contributed by atoms with E-state index in [4.69, 9.17) is 11.6 Å². The molecule has 5 nitrogen and oxygen atoms in total. The number of hydrogen-bond acceptors (Lipinski definition) is 3. The predicted octanol–water partition coefficient (Wildman–Crippen LogP) is 1.61. The largest absolute Gasteiger partial charge is 0.338 e. The van der Waals surface area contributed by atoms with Crippen molar-refractivity contribution in [2.75, 3.05) is 38.1 Å². The first-order valence-corrected chi connectivity index (χ1v) is 7.99. The molecule has 2 heterocycles. The first-order valence-electron chi connectivity index (χ1n) is 7.61. The third-order valence-electron chi connectivity index (χ3n) is 4.42. The molecule has 2 aliphatic rings. The molecule has 2 saturated heterocycles. The maximum absolute atomic E-state index is 12.8. The molecule has 0 bridgehead atoms. The Morgan fingerprint density at radius 3 is 2.41 bits per heavy atom. The van der Waals surface area contributed by atoms with E-state index in [0.29, 0.717) is 17.9 Å². The standard InChI is InChI=1S/C16H20ClN3O2/c1-18-8-10-19(11-9-18)16(22)14-6-7-15(21)20(14)13-4-2-12(17)3-5-13/h2-5,14H,6-11H2,1H3/t14-/m0/s1. The molecule has 1 aromatic rings. The summed E-state index contributed by atoms with van der Waals surface area (Å²) < 4.78 is 0. The zero-order valence-electron chi connectivity index (χ0n) is 12.7. The molecule has 0 aromatic heterocycles. The van der Waals surface area contributed by atoms with E-state index in [0.717, 1.165) is 31.9 Å². The van der Waals surface area contributed by atoms with E-state index in [-0.39, 0.29) is 17.9 Å². The number of hydrogen-bond donors (Lipinski definition) is 0. The van der Waals surface area contributed by atoms with E-state index in [9.17, 15) is 9.59 Å². The second-order valence-electron chi connectivity index (χ2n) is 5.92. The fourth-order valence-corrected chi connectivity index (χ4v) is 3.21. The molecule has 22 heavy (non-hydrogen) atoms. The van der Waals surface area contributed by atoms with Gasteiger partial charge in [0.1, 0.15) is 6.04 Å². The van der Waals surface area contributed by atoms with Gasteiger partial charge in [-0.1, -0.05) is 11.6 Å². The normalized spacial score (nSPS) is 23.2. The smallest absolute Gasteiger partial charge is 0.245 e. The molecule has 1 atom stereocenters. The van der Waals surface area contributed by atoms with Crippen molar-refractivity contribution in [2.24, 2.45) is 0 Å². The molecule has 0 N–H and O–H groups in total. The van der Waals surface area contributed by atoms with Crippen LogP contribution in [0.2, 0.25) is 5.02 Å². The van der Waals surface area contributed by atoms with Gasteiger partial charge in [-0.25, -0.2) is 0 Å². The molecule has 0 radical (unpaired) electrons. The third kappa shape index (κ3) is 2.96. The lowest BCUT2D eigenvalue weighted by atomic mass is 10.1. The van der Waals surface area contributed by atoms with Crippen molar-refractivity contribution in [1.29, 1.82) is 0 Å². The first kappa shape index (κ1) is 15.3. The highest BCUT2D eigenvalue weighted by Gasteiger charge is 2.39. The number of nitrogens with zero attached hydrogens (tertiary/aromatic N) is 3. The van der Waals surface area contributed by atoms with Gasteiger partial charge >= 0.3 is 0 Å². The quantitative estimate of drug-likeness (QED) is 0.831. The maximum atomic E-state index is 12.8. The van der Waals surface area contributed by atoms with Gasteiger partial charge in [-0.3, -0.25) is 14.5 Å². The number of amides is 2. The van der Waals surface area contributed by atoms with E-state index in [1.807, 2.05) is 4.90 Å². The van der Waals surface area contributed by atoms with Crippen LogP contribution in [0, 0.1) is 0 Å². The second kappa shape index (κ2) is 6.26. The number of halogens is 1. The van der Waals surface area contributed by atoms with E-state index >= 15 is 0 Å². The van der Waals surface area contributed by atoms with Crippen LogP contribution in [0.5, 0.6) is 0 Å². The summed E-state index contributed by atoms with van der Waals surface area (Å²) in [4.78, 5) is 30.7. The van der Waals surface area contributed by atoms with Crippen molar-refractivity contribution in [1.82, 2.24) is 9.80 Å². The number of carbonyl (C=O) groups excluding carboxylic acids is 2. The molecular weight excluding hydrogens is 302 g/mol. The minimum absolute atomic E-state index is 0.00907. The zero-order chi connectivity index (χ0) is 15.7. The molecule has 118 valence electrons. The van der Waals surface area contributed by atoms with E-state index in [1.54, 1.807) is 29.2 Å². The van der Waals surface area contributed by atoms with Gasteiger partial charge < -0.3 is 9.80 Å². The fourth-order valence-electron chi connectivity index (χ4n) is 3.08. The van der Waals surface area contributed by atoms with Gasteiger partial charge in [0.25, 0.3) is 0 Å². The number of likely N-dealkylation sites (N-methyl/N-ethyl adjacent to an activating group) is 1. The summed E-state index contributed by atoms with van der Waals surface area (Å²) in [7, 11) is 2.06. The van der Waals surface area contributed by atoms with E-state index < -0.39 is 0 Å². The summed E-state index contributed by atoms with van der Waals surface area (Å²) in [6.07, 6.45) is 1.01. The molecule has 1 aromatic carbocycles. The van der Waals surface area contributed by atoms with Gasteiger partial charge in [-0.2, -0.15) is 0 Å². The van der Waals surface area contributed by atoms with Gasteiger partial charge in [-0.05, 0) is 37.7 Å². The third-order valence-corrected chi connectivity index (χ3v) is 4.67. The van der Waals surface area contributed by atoms with Crippen molar-refractivity contribution < 1.29 is 9.59 Å². The van der Waals surface area contributed by atoms with Crippen molar-refractivity contribution in [3.05, 3.63) is 29.3 Å². The number of anilines is 1. The summed E-state index contributed by atoms with van der Waals surface area (Å²) in [5, 5.41) is 0.623. The van der Waals surface area contributed by atoms with Gasteiger partial charge in [0.05, 0.1) is 0 Å². The van der Waals surface area contributed by atoms with Crippen molar-refractivity contribution in [3.63, 3.8) is 0 Å². The summed E-state index contributed by atoms with van der Waals surface area (Å²) >= 11 is 5.91. The molecule has 6 heteroatoms. The molecule has 3 rings (SSSR count). The van der Waals surface area contributed by atoms with Gasteiger partial charge in [0, 0.05) is 43.3 Å². The Morgan fingerprint density at radius 1 is 1.14 bits per heavy atom. The Bertz CT molecular complexity index is 567. The van der Waals surface area contributed by atoms with Crippen LogP contribution in [0.25, 0.3) is 0 Å². The average Bonchev–Trinajstić information content (AvgIpc) is 2.90. The second-order valence-corrected chi connectivity index (χ2v) is 6.36. The minimum atomic E-state index is -0.378.